The zero-order chi connectivity index (χ0) is 10.7. The molecule has 4 nitrogen and oxygen atoms in total. The lowest BCUT2D eigenvalue weighted by Crippen LogP contribution is -2.44. The maximum atomic E-state index is 11.9. The second-order valence-corrected chi connectivity index (χ2v) is 4.21. The van der Waals surface area contributed by atoms with Gasteiger partial charge in [0.05, 0.1) is 12.1 Å². The number of rotatable bonds is 3. The molecule has 14 heavy (non-hydrogen) atoms. The van der Waals surface area contributed by atoms with E-state index < -0.39 is 6.10 Å². The summed E-state index contributed by atoms with van der Waals surface area (Å²) in [5.74, 6) is 0.130. The number of likely N-dealkylation sites (N-methyl/N-ethyl adjacent to an activating group) is 2. The van der Waals surface area contributed by atoms with Crippen LogP contribution in [0, 0.1) is 0 Å². The average Bonchev–Trinajstić information content (AvgIpc) is 2.48. The summed E-state index contributed by atoms with van der Waals surface area (Å²) in [7, 11) is 3.73. The minimum Gasteiger partial charge on any atom is -0.392 e. The molecule has 4 heteroatoms. The molecule has 0 bridgehead atoms. The van der Waals surface area contributed by atoms with Crippen molar-refractivity contribution in [3.63, 3.8) is 0 Å². The molecule has 1 amide bonds. The molecule has 82 valence electrons. The lowest BCUT2D eigenvalue weighted by molar-refractivity contribution is -0.135. The molecule has 1 N–H and O–H groups in total. The first-order valence-electron chi connectivity index (χ1n) is 5.15. The third-order valence-corrected chi connectivity index (χ3v) is 2.72. The van der Waals surface area contributed by atoms with E-state index in [4.69, 9.17) is 0 Å². The first kappa shape index (κ1) is 11.5. The Kier molecular flexibility index (Phi) is 3.89. The quantitative estimate of drug-likeness (QED) is 0.693. The van der Waals surface area contributed by atoms with E-state index in [-0.39, 0.29) is 11.9 Å². The van der Waals surface area contributed by atoms with Crippen molar-refractivity contribution in [3.05, 3.63) is 0 Å². The summed E-state index contributed by atoms with van der Waals surface area (Å²) in [5.41, 5.74) is 0. The molecule has 1 rings (SSSR count). The number of hydrogen-bond acceptors (Lipinski definition) is 3. The van der Waals surface area contributed by atoms with Crippen LogP contribution in [-0.4, -0.2) is 60.1 Å². The van der Waals surface area contributed by atoms with E-state index in [9.17, 15) is 9.90 Å². The highest BCUT2D eigenvalue weighted by molar-refractivity contribution is 5.81. The van der Waals surface area contributed by atoms with Gasteiger partial charge in [0.1, 0.15) is 0 Å². The molecule has 0 aromatic rings. The van der Waals surface area contributed by atoms with Crippen molar-refractivity contribution in [1.29, 1.82) is 0 Å². The molecule has 1 fully saturated rings. The van der Waals surface area contributed by atoms with E-state index in [1.165, 1.54) is 0 Å². The molecule has 0 aromatic heterocycles. The van der Waals surface area contributed by atoms with Gasteiger partial charge >= 0.3 is 0 Å². The van der Waals surface area contributed by atoms with Crippen LogP contribution in [0.5, 0.6) is 0 Å². The molecule has 1 aliphatic rings. The maximum absolute atomic E-state index is 11.9. The van der Waals surface area contributed by atoms with Gasteiger partial charge in [0.15, 0.2) is 0 Å². The van der Waals surface area contributed by atoms with Crippen molar-refractivity contribution in [3.8, 4) is 0 Å². The van der Waals surface area contributed by atoms with Gasteiger partial charge in [0.2, 0.25) is 5.91 Å². The van der Waals surface area contributed by atoms with E-state index in [1.807, 2.05) is 7.05 Å². The number of nitrogens with zero attached hydrogens (tertiary/aromatic N) is 2. The van der Waals surface area contributed by atoms with Gasteiger partial charge in [-0.25, -0.2) is 0 Å². The van der Waals surface area contributed by atoms with Crippen LogP contribution >= 0.6 is 0 Å². The van der Waals surface area contributed by atoms with Crippen LogP contribution in [0.15, 0.2) is 0 Å². The molecule has 1 saturated heterocycles. The highest BCUT2D eigenvalue weighted by Crippen LogP contribution is 2.16. The predicted molar refractivity (Wildman–Crippen MR) is 55.0 cm³/mol. The summed E-state index contributed by atoms with van der Waals surface area (Å²) in [6.45, 7) is 3.12. The van der Waals surface area contributed by atoms with E-state index in [0.717, 1.165) is 19.4 Å². The fourth-order valence-corrected chi connectivity index (χ4v) is 1.96. The Bertz CT molecular complexity index is 206. The van der Waals surface area contributed by atoms with Crippen molar-refractivity contribution in [2.24, 2.45) is 0 Å². The van der Waals surface area contributed by atoms with Gasteiger partial charge < -0.3 is 10.0 Å². The number of carbonyl (C=O) groups excluding carboxylic acids is 1. The van der Waals surface area contributed by atoms with E-state index >= 15 is 0 Å². The Hall–Kier alpha value is -0.610. The molecule has 1 aliphatic heterocycles. The van der Waals surface area contributed by atoms with Crippen LogP contribution in [0.3, 0.4) is 0 Å². The topological polar surface area (TPSA) is 43.8 Å². The highest BCUT2D eigenvalue weighted by atomic mass is 16.3. The Balaban J connectivity index is 2.47. The van der Waals surface area contributed by atoms with Crippen molar-refractivity contribution in [1.82, 2.24) is 9.80 Å². The molecule has 0 spiro atoms. The van der Waals surface area contributed by atoms with Gasteiger partial charge in [-0.2, -0.15) is 0 Å². The number of aliphatic hydroxyl groups is 1. The van der Waals surface area contributed by atoms with Gasteiger partial charge in [0.25, 0.3) is 0 Å². The molecule has 0 aromatic carbocycles. The Morgan fingerprint density at radius 2 is 2.36 bits per heavy atom. The Morgan fingerprint density at radius 1 is 1.71 bits per heavy atom. The predicted octanol–water partition coefficient (Wildman–Crippen LogP) is -0.0802. The molecular formula is C10H20N2O2. The number of aliphatic hydroxyl groups excluding tert-OH is 1. The van der Waals surface area contributed by atoms with Gasteiger partial charge in [-0.3, -0.25) is 9.69 Å². The van der Waals surface area contributed by atoms with Crippen molar-refractivity contribution < 1.29 is 9.90 Å². The molecule has 1 heterocycles. The SMILES string of the molecule is CC(O)CN(C)C(=O)C1CCCN1C. The van der Waals surface area contributed by atoms with Crippen molar-refractivity contribution in [2.75, 3.05) is 27.2 Å². The van der Waals surface area contributed by atoms with Gasteiger partial charge in [0, 0.05) is 13.6 Å². The summed E-state index contributed by atoms with van der Waals surface area (Å²) in [6, 6.07) is 0.0266. The minimum atomic E-state index is -0.448. The monoisotopic (exact) mass is 200 g/mol. The van der Waals surface area contributed by atoms with Crippen LogP contribution in [0.4, 0.5) is 0 Å². The normalized spacial score (nSPS) is 25.0. The van der Waals surface area contributed by atoms with Crippen LogP contribution in [0.1, 0.15) is 19.8 Å². The molecule has 0 radical (unpaired) electrons. The number of hydrogen-bond donors (Lipinski definition) is 1. The zero-order valence-electron chi connectivity index (χ0n) is 9.23. The molecule has 2 unspecified atom stereocenters. The number of carbonyl (C=O) groups is 1. The summed E-state index contributed by atoms with van der Waals surface area (Å²) < 4.78 is 0. The second kappa shape index (κ2) is 4.75. The molecular weight excluding hydrogens is 180 g/mol. The lowest BCUT2D eigenvalue weighted by atomic mass is 10.2. The Morgan fingerprint density at radius 3 is 2.79 bits per heavy atom. The van der Waals surface area contributed by atoms with Gasteiger partial charge in [-0.1, -0.05) is 0 Å². The third kappa shape index (κ3) is 2.69. The van der Waals surface area contributed by atoms with Gasteiger partial charge in [-0.05, 0) is 33.4 Å². The fourth-order valence-electron chi connectivity index (χ4n) is 1.96. The minimum absolute atomic E-state index is 0.0266. The van der Waals surface area contributed by atoms with Crippen LogP contribution in [0.25, 0.3) is 0 Å². The molecule has 0 saturated carbocycles. The standard InChI is InChI=1S/C10H20N2O2/c1-8(13)7-12(3)10(14)9-5-4-6-11(9)2/h8-9,13H,4-7H2,1-3H3. The van der Waals surface area contributed by atoms with E-state index in [2.05, 4.69) is 4.90 Å². The molecule has 2 atom stereocenters. The number of likely N-dealkylation sites (tertiary alicyclic amines) is 1. The van der Waals surface area contributed by atoms with Crippen LogP contribution in [-0.2, 0) is 4.79 Å². The van der Waals surface area contributed by atoms with E-state index in [0.29, 0.717) is 6.54 Å². The largest absolute Gasteiger partial charge is 0.392 e. The maximum Gasteiger partial charge on any atom is 0.239 e. The van der Waals surface area contributed by atoms with Crippen molar-refractivity contribution in [2.45, 2.75) is 31.9 Å². The van der Waals surface area contributed by atoms with E-state index in [1.54, 1.807) is 18.9 Å². The van der Waals surface area contributed by atoms with Crippen LogP contribution in [0.2, 0.25) is 0 Å². The molecule has 0 aliphatic carbocycles. The summed E-state index contributed by atoms with van der Waals surface area (Å²) >= 11 is 0. The average molecular weight is 200 g/mol. The second-order valence-electron chi connectivity index (χ2n) is 4.21. The first-order valence-corrected chi connectivity index (χ1v) is 5.15. The van der Waals surface area contributed by atoms with Gasteiger partial charge in [-0.15, -0.1) is 0 Å². The summed E-state index contributed by atoms with van der Waals surface area (Å²) in [4.78, 5) is 15.6. The highest BCUT2D eigenvalue weighted by Gasteiger charge is 2.29. The summed E-state index contributed by atoms with van der Waals surface area (Å²) in [6.07, 6.45) is 1.59. The fraction of sp³-hybridized carbons (Fsp3) is 0.900. The lowest BCUT2D eigenvalue weighted by Gasteiger charge is -2.26. The summed E-state index contributed by atoms with van der Waals surface area (Å²) in [5, 5.41) is 9.17. The Labute approximate surface area is 85.5 Å². The van der Waals surface area contributed by atoms with Crippen molar-refractivity contribution >= 4 is 5.91 Å². The van der Waals surface area contributed by atoms with Crippen LogP contribution < -0.4 is 0 Å². The third-order valence-electron chi connectivity index (χ3n) is 2.72. The zero-order valence-corrected chi connectivity index (χ0v) is 9.23. The number of amides is 1. The first-order chi connectivity index (χ1) is 6.52. The smallest absolute Gasteiger partial charge is 0.239 e.